The van der Waals surface area contributed by atoms with Gasteiger partial charge >= 0.3 is 5.97 Å². The van der Waals surface area contributed by atoms with E-state index in [0.29, 0.717) is 18.4 Å². The first kappa shape index (κ1) is 15.5. The zero-order valence-electron chi connectivity index (χ0n) is 13.4. The number of esters is 1. The maximum atomic E-state index is 12.7. The Labute approximate surface area is 134 Å². The van der Waals surface area contributed by atoms with Crippen molar-refractivity contribution in [1.82, 2.24) is 10.9 Å². The predicted molar refractivity (Wildman–Crippen MR) is 82.0 cm³/mol. The lowest BCUT2D eigenvalue weighted by atomic mass is 9.66. The van der Waals surface area contributed by atoms with Gasteiger partial charge in [-0.25, -0.2) is 0 Å². The van der Waals surface area contributed by atoms with Crippen molar-refractivity contribution < 1.29 is 19.1 Å². The van der Waals surface area contributed by atoms with Gasteiger partial charge in [0, 0.05) is 11.0 Å². The molecule has 6 heteroatoms. The fourth-order valence-corrected chi connectivity index (χ4v) is 3.62. The summed E-state index contributed by atoms with van der Waals surface area (Å²) in [5, 5.41) is 0. The van der Waals surface area contributed by atoms with E-state index in [2.05, 4.69) is 10.9 Å². The van der Waals surface area contributed by atoms with Crippen LogP contribution in [0.25, 0.3) is 0 Å². The zero-order chi connectivity index (χ0) is 16.9. The summed E-state index contributed by atoms with van der Waals surface area (Å²) in [5.41, 5.74) is 2.70. The van der Waals surface area contributed by atoms with Crippen LogP contribution < -0.4 is 10.9 Å². The van der Waals surface area contributed by atoms with E-state index in [4.69, 9.17) is 4.74 Å². The minimum absolute atomic E-state index is 0.349. The Morgan fingerprint density at radius 1 is 1.04 bits per heavy atom. The standard InChI is InChI=1S/C17H20N2O4/c1-15(2)16(3)9-10-17(15,23-14(16)22)13(21)19-18-12(20)11-7-5-4-6-8-11/h4-8H,9-10H2,1-3H3,(H,18,20)(H,19,21)/t16-,17+/m0/s1. The second-order valence-corrected chi connectivity index (χ2v) is 6.95. The Bertz CT molecular complexity index is 685. The maximum Gasteiger partial charge on any atom is 0.313 e. The summed E-state index contributed by atoms with van der Waals surface area (Å²) in [6.07, 6.45) is 1.05. The highest BCUT2D eigenvalue weighted by molar-refractivity contribution is 5.99. The van der Waals surface area contributed by atoms with E-state index in [1.165, 1.54) is 0 Å². The number of rotatable bonds is 2. The van der Waals surface area contributed by atoms with E-state index in [1.807, 2.05) is 20.8 Å². The van der Waals surface area contributed by atoms with Crippen molar-refractivity contribution in [3.8, 4) is 0 Å². The van der Waals surface area contributed by atoms with Crippen molar-refractivity contribution in [3.63, 3.8) is 0 Å². The molecular formula is C17H20N2O4. The van der Waals surface area contributed by atoms with Gasteiger partial charge in [-0.3, -0.25) is 25.2 Å². The van der Waals surface area contributed by atoms with E-state index in [1.54, 1.807) is 30.3 Å². The molecule has 0 unspecified atom stereocenters. The Morgan fingerprint density at radius 3 is 2.22 bits per heavy atom. The molecule has 6 nitrogen and oxygen atoms in total. The Morgan fingerprint density at radius 2 is 1.70 bits per heavy atom. The second-order valence-electron chi connectivity index (χ2n) is 6.95. The molecule has 1 saturated heterocycles. The van der Waals surface area contributed by atoms with E-state index >= 15 is 0 Å². The fraction of sp³-hybridized carbons (Fsp3) is 0.471. The third-order valence-corrected chi connectivity index (χ3v) is 5.78. The number of hydrogen-bond donors (Lipinski definition) is 2. The number of fused-ring (bicyclic) bond motifs is 2. The lowest BCUT2D eigenvalue weighted by Crippen LogP contribution is -2.57. The summed E-state index contributed by atoms with van der Waals surface area (Å²) in [6.45, 7) is 5.56. The third kappa shape index (κ3) is 1.90. The molecule has 2 fully saturated rings. The third-order valence-electron chi connectivity index (χ3n) is 5.78. The fourth-order valence-electron chi connectivity index (χ4n) is 3.62. The van der Waals surface area contributed by atoms with Crippen LogP contribution in [-0.2, 0) is 14.3 Å². The van der Waals surface area contributed by atoms with Gasteiger partial charge in [0.1, 0.15) is 0 Å². The highest BCUT2D eigenvalue weighted by Crippen LogP contribution is 2.65. The van der Waals surface area contributed by atoms with Crippen LogP contribution >= 0.6 is 0 Å². The topological polar surface area (TPSA) is 84.5 Å². The number of hydrogen-bond acceptors (Lipinski definition) is 4. The van der Waals surface area contributed by atoms with Crippen LogP contribution in [0.3, 0.4) is 0 Å². The van der Waals surface area contributed by atoms with E-state index in [-0.39, 0.29) is 5.97 Å². The molecule has 1 aliphatic carbocycles. The highest BCUT2D eigenvalue weighted by atomic mass is 16.6. The van der Waals surface area contributed by atoms with E-state index in [0.717, 1.165) is 0 Å². The predicted octanol–water partition coefficient (Wildman–Crippen LogP) is 1.57. The first-order valence-corrected chi connectivity index (χ1v) is 7.64. The van der Waals surface area contributed by atoms with Gasteiger partial charge in [-0.1, -0.05) is 32.0 Å². The molecule has 1 aromatic carbocycles. The summed E-state index contributed by atoms with van der Waals surface area (Å²) < 4.78 is 5.46. The van der Waals surface area contributed by atoms with Gasteiger partial charge in [-0.05, 0) is 31.9 Å². The molecule has 0 spiro atoms. The molecule has 1 heterocycles. The average Bonchev–Trinajstić information content (AvgIpc) is 2.83. The van der Waals surface area contributed by atoms with Crippen molar-refractivity contribution in [2.45, 2.75) is 39.2 Å². The second kappa shape index (κ2) is 4.81. The van der Waals surface area contributed by atoms with Gasteiger partial charge in [-0.15, -0.1) is 0 Å². The normalized spacial score (nSPS) is 30.7. The summed E-state index contributed by atoms with van der Waals surface area (Å²) >= 11 is 0. The maximum absolute atomic E-state index is 12.7. The van der Waals surface area contributed by atoms with Crippen molar-refractivity contribution >= 4 is 17.8 Å². The Kier molecular flexibility index (Phi) is 3.25. The molecular weight excluding hydrogens is 296 g/mol. The number of amides is 2. The van der Waals surface area contributed by atoms with Gasteiger partial charge in [0.2, 0.25) is 0 Å². The molecule has 2 amide bonds. The zero-order valence-corrected chi connectivity index (χ0v) is 13.4. The molecule has 1 aliphatic heterocycles. The molecule has 0 aromatic heterocycles. The van der Waals surface area contributed by atoms with Crippen molar-refractivity contribution in [2.75, 3.05) is 0 Å². The minimum Gasteiger partial charge on any atom is -0.448 e. The lowest BCUT2D eigenvalue weighted by Gasteiger charge is -2.35. The quantitative estimate of drug-likeness (QED) is 0.641. The lowest BCUT2D eigenvalue weighted by molar-refractivity contribution is -0.168. The summed E-state index contributed by atoms with van der Waals surface area (Å²) in [6, 6.07) is 8.56. The van der Waals surface area contributed by atoms with Crippen LogP contribution in [-0.4, -0.2) is 23.4 Å². The monoisotopic (exact) mass is 316 g/mol. The van der Waals surface area contributed by atoms with Gasteiger partial charge in [0.25, 0.3) is 11.8 Å². The molecule has 23 heavy (non-hydrogen) atoms. The average molecular weight is 316 g/mol. The number of nitrogens with one attached hydrogen (secondary N) is 2. The molecule has 0 radical (unpaired) electrons. The van der Waals surface area contributed by atoms with E-state index in [9.17, 15) is 14.4 Å². The Hall–Kier alpha value is -2.37. The van der Waals surface area contributed by atoms with Crippen molar-refractivity contribution in [1.29, 1.82) is 0 Å². The molecule has 2 bridgehead atoms. The van der Waals surface area contributed by atoms with Crippen LogP contribution in [0.5, 0.6) is 0 Å². The number of carbonyl (C=O) groups is 3. The number of carbonyl (C=O) groups excluding carboxylic acids is 3. The summed E-state index contributed by atoms with van der Waals surface area (Å²) in [5.74, 6) is -1.25. The first-order chi connectivity index (χ1) is 10.7. The molecule has 1 saturated carbocycles. The number of benzene rings is 1. The highest BCUT2D eigenvalue weighted by Gasteiger charge is 2.75. The molecule has 1 aromatic rings. The van der Waals surface area contributed by atoms with Crippen LogP contribution in [0.2, 0.25) is 0 Å². The minimum atomic E-state index is -1.23. The molecule has 3 rings (SSSR count). The van der Waals surface area contributed by atoms with Crippen LogP contribution in [0.4, 0.5) is 0 Å². The molecule has 2 atom stereocenters. The van der Waals surface area contributed by atoms with E-state index < -0.39 is 28.2 Å². The summed E-state index contributed by atoms with van der Waals surface area (Å²) in [4.78, 5) is 36.8. The molecule has 2 aliphatic rings. The smallest absolute Gasteiger partial charge is 0.313 e. The molecule has 2 N–H and O–H groups in total. The largest absolute Gasteiger partial charge is 0.448 e. The van der Waals surface area contributed by atoms with Gasteiger partial charge in [-0.2, -0.15) is 0 Å². The number of hydrazine groups is 1. The molecule has 122 valence electrons. The van der Waals surface area contributed by atoms with Gasteiger partial charge in [0.15, 0.2) is 5.60 Å². The van der Waals surface area contributed by atoms with Gasteiger partial charge < -0.3 is 4.74 Å². The first-order valence-electron chi connectivity index (χ1n) is 7.64. The Balaban J connectivity index is 1.74. The van der Waals surface area contributed by atoms with Crippen molar-refractivity contribution in [2.24, 2.45) is 10.8 Å². The van der Waals surface area contributed by atoms with Crippen LogP contribution in [0.1, 0.15) is 44.0 Å². The van der Waals surface area contributed by atoms with Crippen LogP contribution in [0, 0.1) is 10.8 Å². The summed E-state index contributed by atoms with van der Waals surface area (Å²) in [7, 11) is 0. The number of ether oxygens (including phenoxy) is 1. The van der Waals surface area contributed by atoms with Crippen molar-refractivity contribution in [3.05, 3.63) is 35.9 Å². The van der Waals surface area contributed by atoms with Crippen LogP contribution in [0.15, 0.2) is 30.3 Å². The van der Waals surface area contributed by atoms with Gasteiger partial charge in [0.05, 0.1) is 5.41 Å². The SMILES string of the molecule is CC1(C)[C@@]2(C)CC[C@]1(C(=O)NNC(=O)c1ccccc1)OC2=O.